The molecular weight excluding hydrogens is 284 g/mol. The quantitative estimate of drug-likeness (QED) is 0.341. The van der Waals surface area contributed by atoms with Crippen LogP contribution in [-0.4, -0.2) is 38.4 Å². The molecular formula is C17H32O5. The van der Waals surface area contributed by atoms with Crippen LogP contribution in [-0.2, 0) is 23.8 Å². The van der Waals surface area contributed by atoms with Crippen molar-refractivity contribution in [2.75, 3.05) is 26.4 Å². The van der Waals surface area contributed by atoms with Crippen LogP contribution in [0, 0.1) is 0 Å². The van der Waals surface area contributed by atoms with Crippen molar-refractivity contribution < 1.29 is 23.8 Å². The summed E-state index contributed by atoms with van der Waals surface area (Å²) in [5, 5.41) is 0. The summed E-state index contributed by atoms with van der Waals surface area (Å²) in [5.41, 5.74) is 0. The largest absolute Gasteiger partial charge is 0.463 e. The molecule has 0 aliphatic carbocycles. The van der Waals surface area contributed by atoms with Gasteiger partial charge in [0.15, 0.2) is 0 Å². The summed E-state index contributed by atoms with van der Waals surface area (Å²) in [6, 6.07) is 0. The SMILES string of the molecule is CCCCCCCCC(=O)OCCOCCOC(=O)CCC. The first-order chi connectivity index (χ1) is 10.7. The van der Waals surface area contributed by atoms with Crippen molar-refractivity contribution in [3.8, 4) is 0 Å². The van der Waals surface area contributed by atoms with Crippen molar-refractivity contribution in [1.29, 1.82) is 0 Å². The molecule has 0 aliphatic rings. The van der Waals surface area contributed by atoms with Gasteiger partial charge in [0.05, 0.1) is 13.2 Å². The summed E-state index contributed by atoms with van der Waals surface area (Å²) in [6.07, 6.45) is 8.66. The summed E-state index contributed by atoms with van der Waals surface area (Å²) in [5.74, 6) is -0.357. The van der Waals surface area contributed by atoms with E-state index in [1.807, 2.05) is 6.92 Å². The summed E-state index contributed by atoms with van der Waals surface area (Å²) in [6.45, 7) is 5.31. The fourth-order valence-electron chi connectivity index (χ4n) is 1.93. The molecule has 5 heteroatoms. The van der Waals surface area contributed by atoms with Gasteiger partial charge >= 0.3 is 11.9 Å². The molecule has 0 amide bonds. The Morgan fingerprint density at radius 3 is 1.77 bits per heavy atom. The number of ether oxygens (including phenoxy) is 3. The fraction of sp³-hybridized carbons (Fsp3) is 0.882. The van der Waals surface area contributed by atoms with Gasteiger partial charge in [0.1, 0.15) is 13.2 Å². The highest BCUT2D eigenvalue weighted by Crippen LogP contribution is 2.07. The minimum atomic E-state index is -0.198. The summed E-state index contributed by atoms with van der Waals surface area (Å²) in [4.78, 5) is 22.5. The van der Waals surface area contributed by atoms with Crippen molar-refractivity contribution in [3.05, 3.63) is 0 Å². The maximum atomic E-state index is 11.4. The molecule has 0 atom stereocenters. The third-order valence-electron chi connectivity index (χ3n) is 3.17. The van der Waals surface area contributed by atoms with Crippen LogP contribution in [0.5, 0.6) is 0 Å². The lowest BCUT2D eigenvalue weighted by Crippen LogP contribution is -2.14. The molecule has 0 aromatic heterocycles. The van der Waals surface area contributed by atoms with Gasteiger partial charge in [-0.2, -0.15) is 0 Å². The maximum Gasteiger partial charge on any atom is 0.305 e. The van der Waals surface area contributed by atoms with Crippen molar-refractivity contribution >= 4 is 11.9 Å². The van der Waals surface area contributed by atoms with Crippen molar-refractivity contribution in [2.45, 2.75) is 71.6 Å². The molecule has 0 N–H and O–H groups in total. The third-order valence-corrected chi connectivity index (χ3v) is 3.17. The van der Waals surface area contributed by atoms with E-state index in [0.717, 1.165) is 19.3 Å². The molecule has 0 saturated carbocycles. The zero-order valence-electron chi connectivity index (χ0n) is 14.2. The van der Waals surface area contributed by atoms with Gasteiger partial charge in [0.25, 0.3) is 0 Å². The lowest BCUT2D eigenvalue weighted by atomic mass is 10.1. The Morgan fingerprint density at radius 2 is 1.18 bits per heavy atom. The van der Waals surface area contributed by atoms with E-state index in [0.29, 0.717) is 26.1 Å². The highest BCUT2D eigenvalue weighted by Gasteiger charge is 2.03. The normalized spacial score (nSPS) is 10.5. The number of hydrogen-bond donors (Lipinski definition) is 0. The predicted molar refractivity (Wildman–Crippen MR) is 85.6 cm³/mol. The Labute approximate surface area is 134 Å². The maximum absolute atomic E-state index is 11.4. The van der Waals surface area contributed by atoms with E-state index in [2.05, 4.69) is 6.92 Å². The molecule has 5 nitrogen and oxygen atoms in total. The van der Waals surface area contributed by atoms with Crippen LogP contribution < -0.4 is 0 Å². The van der Waals surface area contributed by atoms with Gasteiger partial charge in [-0.25, -0.2) is 0 Å². The van der Waals surface area contributed by atoms with Gasteiger partial charge < -0.3 is 14.2 Å². The Morgan fingerprint density at radius 1 is 0.636 bits per heavy atom. The average Bonchev–Trinajstić information content (AvgIpc) is 2.50. The van der Waals surface area contributed by atoms with Crippen LogP contribution in [0.2, 0.25) is 0 Å². The monoisotopic (exact) mass is 316 g/mol. The summed E-state index contributed by atoms with van der Waals surface area (Å²) < 4.78 is 15.2. The Balaban J connectivity index is 3.23. The second-order valence-corrected chi connectivity index (χ2v) is 5.32. The second kappa shape index (κ2) is 16.3. The van der Waals surface area contributed by atoms with Gasteiger partial charge in [-0.15, -0.1) is 0 Å². The molecule has 0 fully saturated rings. The van der Waals surface area contributed by atoms with E-state index in [9.17, 15) is 9.59 Å². The third kappa shape index (κ3) is 15.3. The molecule has 22 heavy (non-hydrogen) atoms. The second-order valence-electron chi connectivity index (χ2n) is 5.32. The first kappa shape index (κ1) is 20.9. The predicted octanol–water partition coefficient (Wildman–Crippen LogP) is 3.64. The van der Waals surface area contributed by atoms with Gasteiger partial charge in [0.2, 0.25) is 0 Å². The molecule has 0 aliphatic heterocycles. The fourth-order valence-corrected chi connectivity index (χ4v) is 1.93. The van der Waals surface area contributed by atoms with E-state index in [4.69, 9.17) is 14.2 Å². The first-order valence-corrected chi connectivity index (χ1v) is 8.59. The zero-order chi connectivity index (χ0) is 16.5. The minimum Gasteiger partial charge on any atom is -0.463 e. The van der Waals surface area contributed by atoms with Crippen LogP contribution in [0.1, 0.15) is 71.6 Å². The molecule has 0 unspecified atom stereocenters. The molecule has 0 rings (SSSR count). The van der Waals surface area contributed by atoms with Crippen LogP contribution >= 0.6 is 0 Å². The Kier molecular flexibility index (Phi) is 15.5. The van der Waals surface area contributed by atoms with E-state index in [-0.39, 0.29) is 25.2 Å². The number of rotatable bonds is 15. The minimum absolute atomic E-state index is 0.159. The van der Waals surface area contributed by atoms with E-state index in [1.165, 1.54) is 25.7 Å². The standard InChI is InChI=1S/C17H32O5/c1-3-5-6-7-8-9-11-17(19)22-15-13-20-12-14-21-16(18)10-4-2/h3-15H2,1-2H3. The van der Waals surface area contributed by atoms with Crippen molar-refractivity contribution in [3.63, 3.8) is 0 Å². The van der Waals surface area contributed by atoms with Crippen LogP contribution in [0.4, 0.5) is 0 Å². The molecule has 0 heterocycles. The average molecular weight is 316 g/mol. The van der Waals surface area contributed by atoms with E-state index in [1.54, 1.807) is 0 Å². The molecule has 0 bridgehead atoms. The van der Waals surface area contributed by atoms with Crippen molar-refractivity contribution in [1.82, 2.24) is 0 Å². The molecule has 0 aromatic rings. The molecule has 0 saturated heterocycles. The van der Waals surface area contributed by atoms with Crippen LogP contribution in [0.25, 0.3) is 0 Å². The number of carbonyl (C=O) groups is 2. The number of hydrogen-bond acceptors (Lipinski definition) is 5. The summed E-state index contributed by atoms with van der Waals surface area (Å²) >= 11 is 0. The Bertz CT molecular complexity index is 278. The number of unbranched alkanes of at least 4 members (excludes halogenated alkanes) is 5. The zero-order valence-corrected chi connectivity index (χ0v) is 14.2. The number of esters is 2. The van der Waals surface area contributed by atoms with E-state index < -0.39 is 0 Å². The van der Waals surface area contributed by atoms with Gasteiger partial charge in [-0.3, -0.25) is 9.59 Å². The highest BCUT2D eigenvalue weighted by atomic mass is 16.6. The topological polar surface area (TPSA) is 61.8 Å². The van der Waals surface area contributed by atoms with Crippen molar-refractivity contribution in [2.24, 2.45) is 0 Å². The number of carbonyl (C=O) groups excluding carboxylic acids is 2. The Hall–Kier alpha value is -1.10. The lowest BCUT2D eigenvalue weighted by molar-refractivity contribution is -0.146. The molecule has 130 valence electrons. The molecule has 0 aromatic carbocycles. The molecule has 0 radical (unpaired) electrons. The van der Waals surface area contributed by atoms with Crippen LogP contribution in [0.3, 0.4) is 0 Å². The smallest absolute Gasteiger partial charge is 0.305 e. The highest BCUT2D eigenvalue weighted by molar-refractivity contribution is 5.69. The molecule has 0 spiro atoms. The van der Waals surface area contributed by atoms with Gasteiger partial charge in [0, 0.05) is 12.8 Å². The van der Waals surface area contributed by atoms with Crippen LogP contribution in [0.15, 0.2) is 0 Å². The van der Waals surface area contributed by atoms with E-state index >= 15 is 0 Å². The summed E-state index contributed by atoms with van der Waals surface area (Å²) in [7, 11) is 0. The van der Waals surface area contributed by atoms with Gasteiger partial charge in [-0.05, 0) is 12.8 Å². The van der Waals surface area contributed by atoms with Gasteiger partial charge in [-0.1, -0.05) is 46.0 Å². The lowest BCUT2D eigenvalue weighted by Gasteiger charge is -2.07. The first-order valence-electron chi connectivity index (χ1n) is 8.59.